The standard InChI is InChI=1S/C19H19N7O3S/c1-10(26-9-21-16-15(26)18(28)25(4)19(29)24(16)3)17(27)23-14-6-5-12(7-20-14)13-8-30-11(2)22-13/h5-10H,1-4H3,(H,20,23,27). The highest BCUT2D eigenvalue weighted by atomic mass is 32.1. The minimum absolute atomic E-state index is 0.185. The van der Waals surface area contributed by atoms with Gasteiger partial charge < -0.3 is 9.88 Å². The maximum absolute atomic E-state index is 12.8. The number of carbonyl (C=O) groups excluding carboxylic acids is 1. The van der Waals surface area contributed by atoms with E-state index >= 15 is 0 Å². The quantitative estimate of drug-likeness (QED) is 0.529. The molecule has 0 saturated carbocycles. The van der Waals surface area contributed by atoms with Crippen molar-refractivity contribution in [2.24, 2.45) is 14.1 Å². The molecule has 11 heteroatoms. The average Bonchev–Trinajstić information content (AvgIpc) is 3.37. The van der Waals surface area contributed by atoms with Crippen LogP contribution in [0.25, 0.3) is 22.4 Å². The third-order valence-corrected chi connectivity index (χ3v) is 5.67. The Morgan fingerprint density at radius 3 is 2.57 bits per heavy atom. The van der Waals surface area contributed by atoms with Crippen LogP contribution in [0.2, 0.25) is 0 Å². The largest absolute Gasteiger partial charge is 0.332 e. The zero-order valence-corrected chi connectivity index (χ0v) is 17.6. The van der Waals surface area contributed by atoms with Crippen LogP contribution in [0.15, 0.2) is 39.6 Å². The molecule has 4 heterocycles. The fourth-order valence-electron chi connectivity index (χ4n) is 3.13. The predicted octanol–water partition coefficient (Wildman–Crippen LogP) is 1.46. The van der Waals surface area contributed by atoms with Gasteiger partial charge in [-0.1, -0.05) is 0 Å². The highest BCUT2D eigenvalue weighted by Crippen LogP contribution is 2.22. The maximum Gasteiger partial charge on any atom is 0.332 e. The highest BCUT2D eigenvalue weighted by Gasteiger charge is 2.22. The lowest BCUT2D eigenvalue weighted by atomic mass is 10.2. The van der Waals surface area contributed by atoms with Gasteiger partial charge in [0.25, 0.3) is 5.56 Å². The van der Waals surface area contributed by atoms with Crippen LogP contribution in [-0.2, 0) is 18.9 Å². The number of thiazole rings is 1. The average molecular weight is 425 g/mol. The Bertz CT molecular complexity index is 1380. The number of hydrogen-bond acceptors (Lipinski definition) is 7. The smallest absolute Gasteiger partial charge is 0.312 e. The van der Waals surface area contributed by atoms with Crippen molar-refractivity contribution < 1.29 is 4.79 Å². The molecule has 30 heavy (non-hydrogen) atoms. The van der Waals surface area contributed by atoms with E-state index in [1.807, 2.05) is 18.4 Å². The van der Waals surface area contributed by atoms with Crippen molar-refractivity contribution >= 4 is 34.2 Å². The molecule has 0 bridgehead atoms. The SMILES string of the molecule is Cc1nc(-c2ccc(NC(=O)C(C)n3cnc4c3c(=O)n(C)c(=O)n4C)nc2)cs1. The Kier molecular flexibility index (Phi) is 4.82. The summed E-state index contributed by atoms with van der Waals surface area (Å²) in [6.07, 6.45) is 3.03. The van der Waals surface area contributed by atoms with E-state index < -0.39 is 17.3 Å². The van der Waals surface area contributed by atoms with E-state index in [9.17, 15) is 14.4 Å². The Morgan fingerprint density at radius 1 is 1.17 bits per heavy atom. The van der Waals surface area contributed by atoms with E-state index in [4.69, 9.17) is 0 Å². The van der Waals surface area contributed by atoms with Gasteiger partial charge in [-0.2, -0.15) is 0 Å². The Balaban J connectivity index is 1.60. The number of aromatic nitrogens is 6. The van der Waals surface area contributed by atoms with E-state index in [-0.39, 0.29) is 17.1 Å². The van der Waals surface area contributed by atoms with Crippen LogP contribution in [0.5, 0.6) is 0 Å². The van der Waals surface area contributed by atoms with Crippen molar-refractivity contribution in [1.29, 1.82) is 0 Å². The molecule has 1 N–H and O–H groups in total. The third-order valence-electron chi connectivity index (χ3n) is 4.90. The lowest BCUT2D eigenvalue weighted by Crippen LogP contribution is -2.38. The molecule has 0 saturated heterocycles. The van der Waals surface area contributed by atoms with Crippen LogP contribution in [0.3, 0.4) is 0 Å². The minimum atomic E-state index is -0.747. The molecule has 0 aliphatic carbocycles. The molecule has 0 aromatic carbocycles. The van der Waals surface area contributed by atoms with Gasteiger partial charge in [0.1, 0.15) is 11.9 Å². The fourth-order valence-corrected chi connectivity index (χ4v) is 3.75. The molecule has 1 amide bonds. The van der Waals surface area contributed by atoms with Crippen molar-refractivity contribution in [2.45, 2.75) is 19.9 Å². The minimum Gasteiger partial charge on any atom is -0.312 e. The zero-order chi connectivity index (χ0) is 21.6. The summed E-state index contributed by atoms with van der Waals surface area (Å²) in [7, 11) is 2.92. The van der Waals surface area contributed by atoms with Gasteiger partial charge in [0, 0.05) is 31.2 Å². The first-order valence-electron chi connectivity index (χ1n) is 9.10. The number of nitrogens with one attached hydrogen (secondary N) is 1. The summed E-state index contributed by atoms with van der Waals surface area (Å²) < 4.78 is 3.72. The van der Waals surface area contributed by atoms with Crippen LogP contribution in [0, 0.1) is 6.92 Å². The van der Waals surface area contributed by atoms with Gasteiger partial charge in [0.05, 0.1) is 17.0 Å². The topological polar surface area (TPSA) is 117 Å². The number of amides is 1. The number of carbonyl (C=O) groups is 1. The summed E-state index contributed by atoms with van der Waals surface area (Å²) in [4.78, 5) is 50.3. The van der Waals surface area contributed by atoms with Gasteiger partial charge >= 0.3 is 5.69 Å². The molecule has 0 spiro atoms. The molecule has 0 fully saturated rings. The van der Waals surface area contributed by atoms with Crippen LogP contribution in [-0.4, -0.2) is 34.6 Å². The van der Waals surface area contributed by atoms with Gasteiger partial charge in [-0.3, -0.25) is 18.7 Å². The van der Waals surface area contributed by atoms with E-state index in [1.165, 1.54) is 29.6 Å². The summed E-state index contributed by atoms with van der Waals surface area (Å²) in [5.74, 6) is 0.0160. The number of fused-ring (bicyclic) bond motifs is 1. The van der Waals surface area contributed by atoms with Gasteiger partial charge in [-0.25, -0.2) is 19.7 Å². The van der Waals surface area contributed by atoms with Crippen LogP contribution >= 0.6 is 11.3 Å². The Hall–Kier alpha value is -3.60. The van der Waals surface area contributed by atoms with E-state index in [0.29, 0.717) is 5.82 Å². The summed E-state index contributed by atoms with van der Waals surface area (Å²) >= 11 is 1.56. The Labute approximate surface area is 174 Å². The van der Waals surface area contributed by atoms with Crippen molar-refractivity contribution in [3.8, 4) is 11.3 Å². The number of aryl methyl sites for hydroxylation is 2. The maximum atomic E-state index is 12.8. The molecule has 0 aliphatic rings. The molecule has 1 unspecified atom stereocenters. The van der Waals surface area contributed by atoms with Gasteiger partial charge in [0.2, 0.25) is 5.91 Å². The van der Waals surface area contributed by atoms with E-state index in [1.54, 1.807) is 30.5 Å². The lowest BCUT2D eigenvalue weighted by Gasteiger charge is -2.14. The molecular formula is C19H19N7O3S. The van der Waals surface area contributed by atoms with Gasteiger partial charge in [-0.05, 0) is 26.0 Å². The van der Waals surface area contributed by atoms with Crippen LogP contribution in [0.4, 0.5) is 5.82 Å². The number of pyridine rings is 1. The first-order valence-corrected chi connectivity index (χ1v) is 9.98. The van der Waals surface area contributed by atoms with Crippen molar-refractivity contribution in [3.63, 3.8) is 0 Å². The highest BCUT2D eigenvalue weighted by molar-refractivity contribution is 7.09. The van der Waals surface area contributed by atoms with Crippen molar-refractivity contribution in [2.75, 3.05) is 5.32 Å². The lowest BCUT2D eigenvalue weighted by molar-refractivity contribution is -0.118. The molecular weight excluding hydrogens is 406 g/mol. The molecule has 0 aliphatic heterocycles. The fraction of sp³-hybridized carbons (Fsp3) is 0.263. The third kappa shape index (κ3) is 3.22. The summed E-state index contributed by atoms with van der Waals surface area (Å²) in [5.41, 5.74) is 1.12. The first-order chi connectivity index (χ1) is 14.3. The number of rotatable bonds is 4. The predicted molar refractivity (Wildman–Crippen MR) is 114 cm³/mol. The van der Waals surface area contributed by atoms with Crippen molar-refractivity contribution in [1.82, 2.24) is 28.7 Å². The second kappa shape index (κ2) is 7.34. The number of hydrogen-bond donors (Lipinski definition) is 1. The number of anilines is 1. The summed E-state index contributed by atoms with van der Waals surface area (Å²) in [6, 6.07) is 2.78. The monoisotopic (exact) mass is 425 g/mol. The summed E-state index contributed by atoms with van der Waals surface area (Å²) in [5, 5.41) is 5.66. The summed E-state index contributed by atoms with van der Waals surface area (Å²) in [6.45, 7) is 3.58. The molecule has 1 atom stereocenters. The second-order valence-corrected chi connectivity index (χ2v) is 7.94. The molecule has 10 nitrogen and oxygen atoms in total. The Morgan fingerprint density at radius 2 is 1.93 bits per heavy atom. The molecule has 4 rings (SSSR count). The van der Waals surface area contributed by atoms with E-state index in [0.717, 1.165) is 20.8 Å². The molecule has 154 valence electrons. The van der Waals surface area contributed by atoms with Crippen LogP contribution in [0.1, 0.15) is 18.0 Å². The molecule has 0 radical (unpaired) electrons. The van der Waals surface area contributed by atoms with Crippen molar-refractivity contribution in [3.05, 3.63) is 55.9 Å². The number of imidazole rings is 1. The number of nitrogens with zero attached hydrogens (tertiary/aromatic N) is 6. The molecule has 4 aromatic rings. The molecule has 4 aromatic heterocycles. The normalized spacial score (nSPS) is 12.3. The van der Waals surface area contributed by atoms with Gasteiger partial charge in [-0.15, -0.1) is 11.3 Å². The zero-order valence-electron chi connectivity index (χ0n) is 16.8. The van der Waals surface area contributed by atoms with Gasteiger partial charge in [0.15, 0.2) is 11.2 Å². The van der Waals surface area contributed by atoms with E-state index in [2.05, 4.69) is 20.3 Å². The van der Waals surface area contributed by atoms with Crippen LogP contribution < -0.4 is 16.6 Å². The second-order valence-electron chi connectivity index (χ2n) is 6.88. The first kappa shape index (κ1) is 19.7.